The van der Waals surface area contributed by atoms with E-state index < -0.39 is 5.41 Å². The number of benzene rings is 2. The first kappa shape index (κ1) is 15.0. The van der Waals surface area contributed by atoms with Crippen LogP contribution >= 0.6 is 11.6 Å². The third kappa shape index (κ3) is 3.04. The Morgan fingerprint density at radius 2 is 1.75 bits per heavy atom. The Balaban J connectivity index is 2.39. The van der Waals surface area contributed by atoms with Crippen molar-refractivity contribution in [2.45, 2.75) is 18.8 Å². The average molecular weight is 290 g/mol. The van der Waals surface area contributed by atoms with Crippen LogP contribution < -0.4 is 5.73 Å². The Labute approximate surface area is 125 Å². The minimum absolute atomic E-state index is 0.0248. The lowest BCUT2D eigenvalue weighted by atomic mass is 9.74. The number of aryl methyl sites for hydroxylation is 1. The van der Waals surface area contributed by atoms with E-state index in [2.05, 4.69) is 13.0 Å². The lowest BCUT2D eigenvalue weighted by Gasteiger charge is -2.32. The summed E-state index contributed by atoms with van der Waals surface area (Å²) in [5, 5.41) is 10.7. The molecular formula is C17H20ClNO. The first-order chi connectivity index (χ1) is 9.61. The van der Waals surface area contributed by atoms with E-state index in [4.69, 9.17) is 17.3 Å². The van der Waals surface area contributed by atoms with Gasteiger partial charge in [-0.15, -0.1) is 0 Å². The quantitative estimate of drug-likeness (QED) is 0.888. The average Bonchev–Trinajstić information content (AvgIpc) is 2.48. The Morgan fingerprint density at radius 1 is 1.10 bits per heavy atom. The largest absolute Gasteiger partial charge is 0.395 e. The van der Waals surface area contributed by atoms with Crippen molar-refractivity contribution in [1.82, 2.24) is 0 Å². The normalized spacial score (nSPS) is 14.0. The lowest BCUT2D eigenvalue weighted by Crippen LogP contribution is -2.41. The van der Waals surface area contributed by atoms with Crippen molar-refractivity contribution in [2.75, 3.05) is 13.2 Å². The summed E-state index contributed by atoms with van der Waals surface area (Å²) in [5.41, 5.74) is 8.95. The van der Waals surface area contributed by atoms with Crippen LogP contribution in [0.1, 0.15) is 16.7 Å². The third-order valence-corrected chi connectivity index (χ3v) is 4.12. The second-order valence-corrected chi connectivity index (χ2v) is 5.70. The van der Waals surface area contributed by atoms with Crippen molar-refractivity contribution < 1.29 is 5.11 Å². The molecule has 106 valence electrons. The van der Waals surface area contributed by atoms with Crippen LogP contribution in [0.4, 0.5) is 0 Å². The van der Waals surface area contributed by atoms with Gasteiger partial charge in [0.2, 0.25) is 0 Å². The number of rotatable bonds is 5. The second kappa shape index (κ2) is 6.40. The minimum Gasteiger partial charge on any atom is -0.395 e. The van der Waals surface area contributed by atoms with Gasteiger partial charge in [-0.2, -0.15) is 0 Å². The van der Waals surface area contributed by atoms with E-state index in [9.17, 15) is 5.11 Å². The molecule has 0 heterocycles. The van der Waals surface area contributed by atoms with E-state index in [0.29, 0.717) is 18.0 Å². The van der Waals surface area contributed by atoms with Crippen LogP contribution in [0.2, 0.25) is 5.02 Å². The van der Waals surface area contributed by atoms with Gasteiger partial charge in [0, 0.05) is 17.0 Å². The van der Waals surface area contributed by atoms with Crippen LogP contribution in [-0.2, 0) is 11.8 Å². The maximum atomic E-state index is 9.96. The zero-order valence-corrected chi connectivity index (χ0v) is 12.4. The summed E-state index contributed by atoms with van der Waals surface area (Å²) in [7, 11) is 0. The molecule has 0 aromatic heterocycles. The molecule has 2 aromatic rings. The molecule has 3 N–H and O–H groups in total. The van der Waals surface area contributed by atoms with Crippen LogP contribution in [0, 0.1) is 6.92 Å². The molecule has 0 aliphatic heterocycles. The molecule has 20 heavy (non-hydrogen) atoms. The molecule has 0 saturated heterocycles. The van der Waals surface area contributed by atoms with E-state index in [1.807, 2.05) is 42.5 Å². The van der Waals surface area contributed by atoms with Gasteiger partial charge in [0.15, 0.2) is 0 Å². The van der Waals surface area contributed by atoms with Crippen molar-refractivity contribution in [3.63, 3.8) is 0 Å². The molecule has 0 aliphatic carbocycles. The fourth-order valence-electron chi connectivity index (χ4n) is 2.64. The van der Waals surface area contributed by atoms with Gasteiger partial charge in [-0.25, -0.2) is 0 Å². The number of hydrogen-bond acceptors (Lipinski definition) is 2. The molecule has 0 saturated carbocycles. The highest BCUT2D eigenvalue weighted by atomic mass is 35.5. The Hall–Kier alpha value is -1.35. The summed E-state index contributed by atoms with van der Waals surface area (Å²) in [6.45, 7) is 2.48. The van der Waals surface area contributed by atoms with Crippen LogP contribution in [0.5, 0.6) is 0 Å². The molecule has 1 unspecified atom stereocenters. The Bertz CT molecular complexity index is 561. The molecule has 0 radical (unpaired) electrons. The van der Waals surface area contributed by atoms with Crippen molar-refractivity contribution in [2.24, 2.45) is 5.73 Å². The summed E-state index contributed by atoms with van der Waals surface area (Å²) >= 11 is 5.92. The summed E-state index contributed by atoms with van der Waals surface area (Å²) in [6.07, 6.45) is 0.696. The summed E-state index contributed by atoms with van der Waals surface area (Å²) < 4.78 is 0. The molecular weight excluding hydrogens is 270 g/mol. The summed E-state index contributed by atoms with van der Waals surface area (Å²) in [6, 6.07) is 15.8. The highest BCUT2D eigenvalue weighted by Crippen LogP contribution is 2.30. The van der Waals surface area contributed by atoms with Gasteiger partial charge >= 0.3 is 0 Å². The van der Waals surface area contributed by atoms with Gasteiger partial charge in [0.25, 0.3) is 0 Å². The van der Waals surface area contributed by atoms with Crippen molar-refractivity contribution in [3.05, 3.63) is 70.2 Å². The molecule has 0 amide bonds. The zero-order chi connectivity index (χ0) is 14.6. The van der Waals surface area contributed by atoms with E-state index in [1.54, 1.807) is 0 Å². The molecule has 0 spiro atoms. The molecule has 2 nitrogen and oxygen atoms in total. The van der Waals surface area contributed by atoms with Crippen LogP contribution in [-0.4, -0.2) is 18.3 Å². The monoisotopic (exact) mass is 289 g/mol. The fraction of sp³-hybridized carbons (Fsp3) is 0.294. The highest BCUT2D eigenvalue weighted by molar-refractivity contribution is 6.30. The van der Waals surface area contributed by atoms with Crippen molar-refractivity contribution >= 4 is 11.6 Å². The lowest BCUT2D eigenvalue weighted by molar-refractivity contribution is 0.195. The number of halogens is 1. The molecule has 2 rings (SSSR count). The van der Waals surface area contributed by atoms with E-state index in [1.165, 1.54) is 0 Å². The molecule has 0 bridgehead atoms. The predicted octanol–water partition coefficient (Wildman–Crippen LogP) is 3.08. The SMILES string of the molecule is Cc1ccccc1C(CN)(CO)Cc1ccc(Cl)cc1. The summed E-state index contributed by atoms with van der Waals surface area (Å²) in [5.74, 6) is 0. The van der Waals surface area contributed by atoms with Gasteiger partial charge in [-0.1, -0.05) is 48.0 Å². The second-order valence-electron chi connectivity index (χ2n) is 5.26. The number of hydrogen-bond donors (Lipinski definition) is 2. The van der Waals surface area contributed by atoms with Gasteiger partial charge in [-0.3, -0.25) is 0 Å². The van der Waals surface area contributed by atoms with Crippen molar-refractivity contribution in [1.29, 1.82) is 0 Å². The fourth-order valence-corrected chi connectivity index (χ4v) is 2.77. The van der Waals surface area contributed by atoms with Gasteiger partial charge in [0.1, 0.15) is 0 Å². The predicted molar refractivity (Wildman–Crippen MR) is 84.2 cm³/mol. The van der Waals surface area contributed by atoms with Crippen LogP contribution in [0.3, 0.4) is 0 Å². The molecule has 2 aromatic carbocycles. The molecule has 1 atom stereocenters. The Morgan fingerprint density at radius 3 is 2.30 bits per heavy atom. The standard InChI is InChI=1S/C17H20ClNO/c1-13-4-2-3-5-16(13)17(11-19,12-20)10-14-6-8-15(18)9-7-14/h2-9,20H,10-12,19H2,1H3. The molecule has 0 fully saturated rings. The minimum atomic E-state index is -0.445. The first-order valence-electron chi connectivity index (χ1n) is 6.73. The van der Waals surface area contributed by atoms with Gasteiger partial charge in [-0.05, 0) is 42.2 Å². The highest BCUT2D eigenvalue weighted by Gasteiger charge is 2.31. The maximum Gasteiger partial charge on any atom is 0.0543 e. The van der Waals surface area contributed by atoms with Crippen molar-refractivity contribution in [3.8, 4) is 0 Å². The van der Waals surface area contributed by atoms with Gasteiger partial charge in [0.05, 0.1) is 6.61 Å². The zero-order valence-electron chi connectivity index (χ0n) is 11.6. The molecule has 0 aliphatic rings. The van der Waals surface area contributed by atoms with E-state index >= 15 is 0 Å². The van der Waals surface area contributed by atoms with Crippen LogP contribution in [0.25, 0.3) is 0 Å². The first-order valence-corrected chi connectivity index (χ1v) is 7.10. The number of aliphatic hydroxyl groups is 1. The maximum absolute atomic E-state index is 9.96. The van der Waals surface area contributed by atoms with Crippen LogP contribution in [0.15, 0.2) is 48.5 Å². The number of nitrogens with two attached hydrogens (primary N) is 1. The smallest absolute Gasteiger partial charge is 0.0543 e. The summed E-state index contributed by atoms with van der Waals surface area (Å²) in [4.78, 5) is 0. The Kier molecular flexibility index (Phi) is 4.81. The molecule has 3 heteroatoms. The topological polar surface area (TPSA) is 46.2 Å². The third-order valence-electron chi connectivity index (χ3n) is 3.87. The number of aliphatic hydroxyl groups excluding tert-OH is 1. The van der Waals surface area contributed by atoms with E-state index in [0.717, 1.165) is 16.7 Å². The van der Waals surface area contributed by atoms with Gasteiger partial charge < -0.3 is 10.8 Å². The van der Waals surface area contributed by atoms with E-state index in [-0.39, 0.29) is 6.61 Å².